The second-order valence-corrected chi connectivity index (χ2v) is 10.8. The summed E-state index contributed by atoms with van der Waals surface area (Å²) in [5, 5.41) is 17.7. The summed E-state index contributed by atoms with van der Waals surface area (Å²) in [6.45, 7) is 7.73. The Morgan fingerprint density at radius 3 is 1.89 bits per heavy atom. The molecule has 6 N–H and O–H groups in total. The topological polar surface area (TPSA) is 151 Å². The molecule has 1 aromatic rings. The zero-order valence-corrected chi connectivity index (χ0v) is 22.8. The number of hydrogen-bond acceptors (Lipinski definition) is 6. The fraction of sp³-hybridized carbons (Fsp3) is 0.615. The first-order valence-electron chi connectivity index (χ1n) is 12.4. The summed E-state index contributed by atoms with van der Waals surface area (Å²) >= 11 is 1.53. The predicted octanol–water partition coefficient (Wildman–Crippen LogP) is 1.94. The number of carbonyl (C=O) groups excluding carboxylic acids is 3. The van der Waals surface area contributed by atoms with Crippen molar-refractivity contribution in [3.05, 3.63) is 35.9 Å². The van der Waals surface area contributed by atoms with Crippen LogP contribution in [-0.2, 0) is 25.6 Å². The molecule has 0 aliphatic heterocycles. The van der Waals surface area contributed by atoms with E-state index in [1.165, 1.54) is 11.8 Å². The Bertz CT molecular complexity index is 850. The smallest absolute Gasteiger partial charge is 0.326 e. The first kappa shape index (κ1) is 31.4. The number of rotatable bonds is 16. The summed E-state index contributed by atoms with van der Waals surface area (Å²) in [5.41, 5.74) is 6.76. The van der Waals surface area contributed by atoms with Crippen LogP contribution in [0.1, 0.15) is 52.5 Å². The second-order valence-electron chi connectivity index (χ2n) is 9.86. The number of benzene rings is 1. The van der Waals surface area contributed by atoms with Gasteiger partial charge >= 0.3 is 5.97 Å². The number of nitrogens with two attached hydrogens (primary N) is 1. The van der Waals surface area contributed by atoms with Gasteiger partial charge in [-0.15, -0.1) is 0 Å². The quantitative estimate of drug-likeness (QED) is 0.223. The van der Waals surface area contributed by atoms with Gasteiger partial charge in [-0.2, -0.15) is 11.8 Å². The Kier molecular flexibility index (Phi) is 14.2. The molecule has 3 amide bonds. The van der Waals surface area contributed by atoms with Crippen molar-refractivity contribution >= 4 is 35.5 Å². The highest BCUT2D eigenvalue weighted by Crippen LogP contribution is 2.10. The molecular formula is C26H42N4O5S. The molecule has 0 aliphatic rings. The van der Waals surface area contributed by atoms with Gasteiger partial charge in [-0.25, -0.2) is 4.79 Å². The molecule has 0 spiro atoms. The Morgan fingerprint density at radius 2 is 1.36 bits per heavy atom. The van der Waals surface area contributed by atoms with Crippen LogP contribution in [0.5, 0.6) is 0 Å². The van der Waals surface area contributed by atoms with Crippen molar-refractivity contribution in [2.24, 2.45) is 17.6 Å². The van der Waals surface area contributed by atoms with E-state index in [0.29, 0.717) is 25.0 Å². The third-order valence-electron chi connectivity index (χ3n) is 5.54. The number of carboxylic acids is 1. The van der Waals surface area contributed by atoms with Gasteiger partial charge in [-0.05, 0) is 48.7 Å². The van der Waals surface area contributed by atoms with Crippen LogP contribution in [0.2, 0.25) is 0 Å². The van der Waals surface area contributed by atoms with Crippen molar-refractivity contribution in [1.29, 1.82) is 0 Å². The SMILES string of the molecule is CSCCC(NC(=O)C(N)CC(C)C)C(=O)NC(CC(C)C)C(=O)NC(Cc1ccccc1)C(=O)O. The van der Waals surface area contributed by atoms with Crippen molar-refractivity contribution in [3.63, 3.8) is 0 Å². The lowest BCUT2D eigenvalue weighted by molar-refractivity contribution is -0.142. The highest BCUT2D eigenvalue weighted by Gasteiger charge is 2.30. The Labute approximate surface area is 218 Å². The first-order chi connectivity index (χ1) is 16.9. The average molecular weight is 523 g/mol. The van der Waals surface area contributed by atoms with Gasteiger partial charge in [0, 0.05) is 6.42 Å². The predicted molar refractivity (Wildman–Crippen MR) is 143 cm³/mol. The van der Waals surface area contributed by atoms with Gasteiger partial charge in [-0.3, -0.25) is 14.4 Å². The molecule has 0 aromatic heterocycles. The molecule has 0 bridgehead atoms. The molecule has 0 radical (unpaired) electrons. The summed E-state index contributed by atoms with van der Waals surface area (Å²) < 4.78 is 0. The summed E-state index contributed by atoms with van der Waals surface area (Å²) in [6, 6.07) is 5.32. The second kappa shape index (κ2) is 16.2. The molecule has 10 heteroatoms. The van der Waals surface area contributed by atoms with Gasteiger partial charge in [0.05, 0.1) is 6.04 Å². The maximum atomic E-state index is 13.2. The van der Waals surface area contributed by atoms with E-state index in [2.05, 4.69) is 16.0 Å². The Hall–Kier alpha value is -2.59. The molecule has 1 aromatic carbocycles. The lowest BCUT2D eigenvalue weighted by Gasteiger charge is -2.26. The molecular weight excluding hydrogens is 480 g/mol. The number of hydrogen-bond donors (Lipinski definition) is 5. The minimum Gasteiger partial charge on any atom is -0.480 e. The molecule has 4 atom stereocenters. The molecule has 4 unspecified atom stereocenters. The maximum absolute atomic E-state index is 13.2. The number of carboxylic acid groups (broad SMARTS) is 1. The van der Waals surface area contributed by atoms with E-state index in [9.17, 15) is 24.3 Å². The lowest BCUT2D eigenvalue weighted by Crippen LogP contribution is -2.57. The minimum atomic E-state index is -1.16. The number of thioether (sulfide) groups is 1. The van der Waals surface area contributed by atoms with E-state index in [1.807, 2.05) is 40.0 Å². The molecule has 0 fully saturated rings. The standard InChI is InChI=1S/C26H42N4O5S/c1-16(2)13-19(27)23(31)28-20(11-12-36-5)24(32)29-21(14-17(3)4)25(33)30-22(26(34)35)15-18-9-7-6-8-10-18/h6-10,16-17,19-22H,11-15,27H2,1-5H3,(H,28,31)(H,29,32)(H,30,33)(H,34,35). The van der Waals surface area contributed by atoms with Crippen molar-refractivity contribution < 1.29 is 24.3 Å². The Balaban J connectivity index is 2.97. The van der Waals surface area contributed by atoms with Crippen molar-refractivity contribution in [3.8, 4) is 0 Å². The first-order valence-corrected chi connectivity index (χ1v) is 13.8. The fourth-order valence-corrected chi connectivity index (χ4v) is 4.17. The lowest BCUT2D eigenvalue weighted by atomic mass is 10.0. The molecule has 0 saturated carbocycles. The average Bonchev–Trinajstić information content (AvgIpc) is 2.80. The van der Waals surface area contributed by atoms with Crippen molar-refractivity contribution in [2.45, 2.75) is 77.5 Å². The van der Waals surface area contributed by atoms with Gasteiger partial charge < -0.3 is 26.8 Å². The van der Waals surface area contributed by atoms with Gasteiger partial charge in [0.25, 0.3) is 0 Å². The summed E-state index contributed by atoms with van der Waals surface area (Å²) in [5.74, 6) is -1.75. The minimum absolute atomic E-state index is 0.0529. The van der Waals surface area contributed by atoms with Crippen LogP contribution in [0.15, 0.2) is 30.3 Å². The van der Waals surface area contributed by atoms with Crippen LogP contribution in [-0.4, -0.2) is 65.0 Å². The van der Waals surface area contributed by atoms with Crippen molar-refractivity contribution in [2.75, 3.05) is 12.0 Å². The van der Waals surface area contributed by atoms with E-state index in [1.54, 1.807) is 24.3 Å². The zero-order chi connectivity index (χ0) is 27.3. The number of aliphatic carboxylic acids is 1. The van der Waals surface area contributed by atoms with Crippen LogP contribution >= 0.6 is 11.8 Å². The van der Waals surface area contributed by atoms with Crippen molar-refractivity contribution in [1.82, 2.24) is 16.0 Å². The summed E-state index contributed by atoms with van der Waals surface area (Å²) in [6.07, 6.45) is 3.18. The molecule has 0 saturated heterocycles. The van der Waals surface area contributed by atoms with E-state index < -0.39 is 47.9 Å². The summed E-state index contributed by atoms with van der Waals surface area (Å²) in [4.78, 5) is 50.7. The summed E-state index contributed by atoms with van der Waals surface area (Å²) in [7, 11) is 0. The monoisotopic (exact) mass is 522 g/mol. The number of carbonyl (C=O) groups is 4. The maximum Gasteiger partial charge on any atom is 0.326 e. The Morgan fingerprint density at radius 1 is 0.833 bits per heavy atom. The van der Waals surface area contributed by atoms with Gasteiger partial charge in [0.2, 0.25) is 17.7 Å². The number of nitrogens with one attached hydrogen (secondary N) is 3. The zero-order valence-electron chi connectivity index (χ0n) is 22.0. The van der Waals surface area contributed by atoms with Crippen LogP contribution in [0.25, 0.3) is 0 Å². The third-order valence-corrected chi connectivity index (χ3v) is 6.19. The molecule has 1 rings (SSSR count). The van der Waals surface area contributed by atoms with E-state index >= 15 is 0 Å². The molecule has 9 nitrogen and oxygen atoms in total. The van der Waals surface area contributed by atoms with Gasteiger partial charge in [0.15, 0.2) is 0 Å². The van der Waals surface area contributed by atoms with E-state index in [4.69, 9.17) is 5.73 Å². The highest BCUT2D eigenvalue weighted by atomic mass is 32.2. The largest absolute Gasteiger partial charge is 0.480 e. The van der Waals surface area contributed by atoms with Crippen LogP contribution < -0.4 is 21.7 Å². The van der Waals surface area contributed by atoms with Crippen LogP contribution in [0.4, 0.5) is 0 Å². The molecule has 0 aliphatic carbocycles. The third kappa shape index (κ3) is 11.9. The highest BCUT2D eigenvalue weighted by molar-refractivity contribution is 7.98. The van der Waals surface area contributed by atoms with Gasteiger partial charge in [0.1, 0.15) is 18.1 Å². The van der Waals surface area contributed by atoms with Gasteiger partial charge in [-0.1, -0.05) is 58.0 Å². The molecule has 202 valence electrons. The van der Waals surface area contributed by atoms with Crippen LogP contribution in [0.3, 0.4) is 0 Å². The normalized spacial score (nSPS) is 14.6. The van der Waals surface area contributed by atoms with E-state index in [0.717, 1.165) is 5.56 Å². The van der Waals surface area contributed by atoms with Crippen LogP contribution in [0, 0.1) is 11.8 Å². The number of amides is 3. The fourth-order valence-electron chi connectivity index (χ4n) is 3.70. The molecule has 36 heavy (non-hydrogen) atoms. The van der Waals surface area contributed by atoms with E-state index in [-0.39, 0.29) is 18.3 Å². The molecule has 0 heterocycles.